The Bertz CT molecular complexity index is 1460. The highest BCUT2D eigenvalue weighted by molar-refractivity contribution is 6.14. The van der Waals surface area contributed by atoms with Gasteiger partial charge in [-0.15, -0.1) is 0 Å². The Morgan fingerprint density at radius 3 is 2.61 bits per heavy atom. The smallest absolute Gasteiger partial charge is 0.234 e. The predicted octanol–water partition coefficient (Wildman–Crippen LogP) is 5.14. The van der Waals surface area contributed by atoms with Crippen LogP contribution < -0.4 is 5.32 Å². The summed E-state index contributed by atoms with van der Waals surface area (Å²) in [5.74, 6) is 0.570. The number of hydrogen-bond acceptors (Lipinski definition) is 7. The van der Waals surface area contributed by atoms with E-state index in [4.69, 9.17) is 10.7 Å². The third kappa shape index (κ3) is 5.99. The van der Waals surface area contributed by atoms with Gasteiger partial charge in [-0.25, -0.2) is 14.4 Å². The number of aromatic nitrogens is 4. The van der Waals surface area contributed by atoms with Crippen molar-refractivity contribution in [1.29, 1.82) is 10.7 Å². The maximum Gasteiger partial charge on any atom is 0.234 e. The summed E-state index contributed by atoms with van der Waals surface area (Å²) < 4.78 is 13.3. The van der Waals surface area contributed by atoms with Gasteiger partial charge < -0.3 is 10.7 Å². The van der Waals surface area contributed by atoms with Gasteiger partial charge in [0.15, 0.2) is 0 Å². The van der Waals surface area contributed by atoms with Gasteiger partial charge in [0.25, 0.3) is 0 Å². The lowest BCUT2D eigenvalue weighted by molar-refractivity contribution is 0.211. The number of H-pyrrole nitrogens is 1. The van der Waals surface area contributed by atoms with E-state index in [1.54, 1.807) is 30.6 Å². The lowest BCUT2D eigenvalue weighted by Crippen LogP contribution is -2.38. The molecule has 1 fully saturated rings. The predicted molar refractivity (Wildman–Crippen MR) is 146 cm³/mol. The van der Waals surface area contributed by atoms with Crippen molar-refractivity contribution in [2.75, 3.05) is 18.4 Å². The summed E-state index contributed by atoms with van der Waals surface area (Å²) in [5, 5.41) is 27.5. The van der Waals surface area contributed by atoms with Crippen LogP contribution in [0.15, 0.2) is 67.0 Å². The van der Waals surface area contributed by atoms with Gasteiger partial charge in [0, 0.05) is 49.2 Å². The fourth-order valence-corrected chi connectivity index (χ4v) is 4.63. The molecule has 38 heavy (non-hydrogen) atoms. The molecule has 0 unspecified atom stereocenters. The van der Waals surface area contributed by atoms with Gasteiger partial charge in [-0.1, -0.05) is 36.4 Å². The molecular formula is C29H27FN8. The molecule has 0 atom stereocenters. The number of anilines is 1. The van der Waals surface area contributed by atoms with Crippen LogP contribution in [0.2, 0.25) is 0 Å². The van der Waals surface area contributed by atoms with E-state index < -0.39 is 0 Å². The molecule has 3 N–H and O–H groups in total. The first-order valence-corrected chi connectivity index (χ1v) is 12.4. The fraction of sp³-hybridized carbons (Fsp3) is 0.207. The molecule has 5 rings (SSSR count). The van der Waals surface area contributed by atoms with Crippen molar-refractivity contribution in [2.24, 2.45) is 0 Å². The van der Waals surface area contributed by atoms with Crippen molar-refractivity contribution in [1.82, 2.24) is 25.1 Å². The third-order valence-corrected chi connectivity index (χ3v) is 6.67. The zero-order valence-corrected chi connectivity index (χ0v) is 20.7. The first-order chi connectivity index (χ1) is 18.6. The van der Waals surface area contributed by atoms with E-state index in [-0.39, 0.29) is 11.6 Å². The number of hydrogen-bond donors (Lipinski definition) is 3. The van der Waals surface area contributed by atoms with Crippen LogP contribution >= 0.6 is 0 Å². The molecule has 4 aromatic rings. The summed E-state index contributed by atoms with van der Waals surface area (Å²) in [7, 11) is 0. The van der Waals surface area contributed by atoms with Crippen LogP contribution in [0, 0.1) is 22.6 Å². The average molecular weight is 507 g/mol. The van der Waals surface area contributed by atoms with E-state index in [0.29, 0.717) is 17.4 Å². The second-order valence-corrected chi connectivity index (χ2v) is 9.22. The fourth-order valence-electron chi connectivity index (χ4n) is 4.63. The summed E-state index contributed by atoms with van der Waals surface area (Å²) in [6.45, 7) is 2.82. The van der Waals surface area contributed by atoms with Crippen molar-refractivity contribution in [3.05, 3.63) is 95.5 Å². The largest absolute Gasteiger partial charge is 0.367 e. The van der Waals surface area contributed by atoms with E-state index in [1.165, 1.54) is 23.9 Å². The number of nitrogens with zero attached hydrogens (tertiary/aromatic N) is 5. The molecule has 2 aromatic carbocycles. The number of halogens is 1. The number of nitriles is 1. The zero-order chi connectivity index (χ0) is 26.3. The molecular weight excluding hydrogens is 479 g/mol. The highest BCUT2D eigenvalue weighted by atomic mass is 19.1. The maximum atomic E-state index is 13.3. The Labute approximate surface area is 220 Å². The molecule has 190 valence electrons. The van der Waals surface area contributed by atoms with Crippen molar-refractivity contribution in [2.45, 2.75) is 25.4 Å². The van der Waals surface area contributed by atoms with E-state index in [1.807, 2.05) is 12.1 Å². The Balaban J connectivity index is 1.20. The Morgan fingerprint density at radius 1 is 1.13 bits per heavy atom. The quantitative estimate of drug-likeness (QED) is 0.285. The number of piperidine rings is 1. The van der Waals surface area contributed by atoms with Crippen molar-refractivity contribution >= 4 is 23.7 Å². The first-order valence-electron chi connectivity index (χ1n) is 12.4. The molecule has 0 aliphatic carbocycles. The van der Waals surface area contributed by atoms with Gasteiger partial charge in [-0.3, -0.25) is 10.00 Å². The van der Waals surface area contributed by atoms with Crippen molar-refractivity contribution in [3.8, 4) is 17.2 Å². The first kappa shape index (κ1) is 25.0. The van der Waals surface area contributed by atoms with E-state index in [2.05, 4.69) is 54.6 Å². The van der Waals surface area contributed by atoms with Crippen LogP contribution in [0.5, 0.6) is 0 Å². The number of benzene rings is 2. The topological polar surface area (TPSA) is 117 Å². The average Bonchev–Trinajstić information content (AvgIpc) is 3.42. The lowest BCUT2D eigenvalue weighted by atomic mass is 10.0. The molecule has 0 bridgehead atoms. The third-order valence-electron chi connectivity index (χ3n) is 6.67. The Kier molecular flexibility index (Phi) is 7.62. The molecule has 1 saturated heterocycles. The number of nitrogens with one attached hydrogen (secondary N) is 3. The summed E-state index contributed by atoms with van der Waals surface area (Å²) >= 11 is 0. The second kappa shape index (κ2) is 11.6. The second-order valence-electron chi connectivity index (χ2n) is 9.22. The highest BCUT2D eigenvalue weighted by Crippen LogP contribution is 2.27. The summed E-state index contributed by atoms with van der Waals surface area (Å²) in [5.41, 5.74) is 5.42. The Morgan fingerprint density at radius 2 is 1.89 bits per heavy atom. The summed E-state index contributed by atoms with van der Waals surface area (Å²) in [6, 6.07) is 18.7. The number of likely N-dealkylation sites (tertiary alicyclic amines) is 1. The van der Waals surface area contributed by atoms with Gasteiger partial charge in [-0.05, 0) is 53.8 Å². The zero-order valence-electron chi connectivity index (χ0n) is 20.7. The van der Waals surface area contributed by atoms with Crippen LogP contribution in [0.1, 0.15) is 35.5 Å². The lowest BCUT2D eigenvalue weighted by Gasteiger charge is -2.32. The molecule has 9 heteroatoms. The molecule has 2 aromatic heterocycles. The molecule has 8 nitrogen and oxygen atoms in total. The van der Waals surface area contributed by atoms with Gasteiger partial charge >= 0.3 is 0 Å². The minimum absolute atomic E-state index is 0.178. The maximum absolute atomic E-state index is 13.3. The molecule has 3 heterocycles. The molecule has 1 aliphatic heterocycles. The summed E-state index contributed by atoms with van der Waals surface area (Å²) in [6.07, 6.45) is 8.50. The van der Waals surface area contributed by atoms with Gasteiger partial charge in [-0.2, -0.15) is 10.4 Å². The Hall–Kier alpha value is -4.68. The van der Waals surface area contributed by atoms with Crippen LogP contribution in [-0.2, 0) is 6.54 Å². The highest BCUT2D eigenvalue weighted by Gasteiger charge is 2.20. The number of rotatable bonds is 8. The van der Waals surface area contributed by atoms with Crippen LogP contribution in [-0.4, -0.2) is 50.4 Å². The summed E-state index contributed by atoms with van der Waals surface area (Å²) in [4.78, 5) is 10.6. The molecule has 1 aliphatic rings. The number of aromatic amines is 1. The van der Waals surface area contributed by atoms with Crippen molar-refractivity contribution < 1.29 is 4.39 Å². The van der Waals surface area contributed by atoms with Gasteiger partial charge in [0.1, 0.15) is 17.7 Å². The van der Waals surface area contributed by atoms with Crippen molar-refractivity contribution in [3.63, 3.8) is 0 Å². The van der Waals surface area contributed by atoms with Crippen LogP contribution in [0.4, 0.5) is 10.2 Å². The molecule has 0 amide bonds. The normalized spacial score (nSPS) is 14.7. The minimum Gasteiger partial charge on any atom is -0.367 e. The molecule has 0 saturated carbocycles. The standard InChI is InChI=1S/C29H27FN8/c30-24-7-5-21(6-8-24)23(16-31)15-27-26(18-34-37-27)22-3-1-20(2-4-22)19-38-13-10-25(11-14-38)35-28-9-12-33-29(17-32)36-28/h1-9,12,15-16,18,25,31H,10-11,13-14,19H2,(H,34,37)(H,33,35,36)/b23-15+,31-16?. The van der Waals surface area contributed by atoms with Gasteiger partial charge in [0.05, 0.1) is 11.9 Å². The van der Waals surface area contributed by atoms with Crippen LogP contribution in [0.3, 0.4) is 0 Å². The monoisotopic (exact) mass is 506 g/mol. The van der Waals surface area contributed by atoms with Gasteiger partial charge in [0.2, 0.25) is 5.82 Å². The van der Waals surface area contributed by atoms with E-state index in [0.717, 1.165) is 54.9 Å². The molecule has 0 radical (unpaired) electrons. The number of allylic oxidation sites excluding steroid dienone is 1. The van der Waals surface area contributed by atoms with Crippen LogP contribution in [0.25, 0.3) is 22.8 Å². The van der Waals surface area contributed by atoms with E-state index >= 15 is 0 Å². The SMILES string of the molecule is N#Cc1nccc(NC2CCN(Cc3ccc(-c4cn[nH]c4/C=C(\C=N)c4ccc(F)cc4)cc3)CC2)n1. The molecule has 0 spiro atoms. The van der Waals surface area contributed by atoms with E-state index in [9.17, 15) is 4.39 Å². The minimum atomic E-state index is -0.307.